The zero-order chi connectivity index (χ0) is 13.5. The maximum atomic E-state index is 10.5. The monoisotopic (exact) mass is 316 g/mol. The van der Waals surface area contributed by atoms with Gasteiger partial charge in [0, 0.05) is 12.6 Å². The van der Waals surface area contributed by atoms with Gasteiger partial charge >= 0.3 is 0 Å². The maximum absolute atomic E-state index is 10.5. The number of unbranched alkanes of at least 4 members (excludes halogenated alkanes) is 1. The molecule has 0 spiro atoms. The molecule has 7 heteroatoms. The Balaban J connectivity index is 2.41. The number of nitrogens with zero attached hydrogens (tertiary/aromatic N) is 3. The van der Waals surface area contributed by atoms with Crippen molar-refractivity contribution in [2.24, 2.45) is 0 Å². The molecule has 1 aromatic rings. The Hall–Kier alpha value is -1.21. The van der Waals surface area contributed by atoms with Gasteiger partial charge in [0.15, 0.2) is 0 Å². The normalized spacial score (nSPS) is 10.7. The van der Waals surface area contributed by atoms with Crippen molar-refractivity contribution in [1.29, 1.82) is 0 Å². The largest absolute Gasteiger partial charge is 0.369 e. The summed E-state index contributed by atoms with van der Waals surface area (Å²) >= 11 is 3.27. The Kier molecular flexibility index (Phi) is 6.00. The Bertz CT molecular complexity index is 412. The third kappa shape index (κ3) is 4.97. The van der Waals surface area contributed by atoms with Gasteiger partial charge in [-0.3, -0.25) is 10.1 Å². The van der Waals surface area contributed by atoms with Crippen molar-refractivity contribution in [3.8, 4) is 0 Å². The van der Waals surface area contributed by atoms with Crippen LogP contribution in [0.25, 0.3) is 0 Å². The van der Waals surface area contributed by atoms with Crippen molar-refractivity contribution in [2.75, 3.05) is 32.5 Å². The number of rotatable bonds is 7. The first kappa shape index (κ1) is 14.8. The van der Waals surface area contributed by atoms with Crippen LogP contribution in [-0.4, -0.2) is 42.0 Å². The molecule has 0 fully saturated rings. The van der Waals surface area contributed by atoms with Crippen LogP contribution in [0, 0.1) is 10.1 Å². The summed E-state index contributed by atoms with van der Waals surface area (Å²) in [6.45, 7) is 1.85. The molecule has 0 atom stereocenters. The van der Waals surface area contributed by atoms with Crippen molar-refractivity contribution in [2.45, 2.75) is 12.8 Å². The van der Waals surface area contributed by atoms with E-state index in [1.165, 1.54) is 12.3 Å². The second kappa shape index (κ2) is 7.27. The lowest BCUT2D eigenvalue weighted by atomic mass is 10.3. The van der Waals surface area contributed by atoms with Crippen LogP contribution in [0.5, 0.6) is 0 Å². The molecule has 18 heavy (non-hydrogen) atoms. The second-order valence-corrected chi connectivity index (χ2v) is 5.07. The fraction of sp³-hybridized carbons (Fsp3) is 0.545. The summed E-state index contributed by atoms with van der Waals surface area (Å²) in [5, 5.41) is 13.7. The van der Waals surface area contributed by atoms with Crippen molar-refractivity contribution in [1.82, 2.24) is 9.88 Å². The van der Waals surface area contributed by atoms with Crippen LogP contribution in [0.1, 0.15) is 12.8 Å². The zero-order valence-corrected chi connectivity index (χ0v) is 12.1. The number of pyridine rings is 1. The summed E-state index contributed by atoms with van der Waals surface area (Å²) in [6.07, 6.45) is 3.39. The highest BCUT2D eigenvalue weighted by atomic mass is 79.9. The molecular formula is C11H17BrN4O2. The molecule has 1 aromatic heterocycles. The molecule has 0 aliphatic rings. The van der Waals surface area contributed by atoms with E-state index < -0.39 is 4.92 Å². The minimum Gasteiger partial charge on any atom is -0.369 e. The highest BCUT2D eigenvalue weighted by Gasteiger charge is 2.09. The zero-order valence-electron chi connectivity index (χ0n) is 10.5. The lowest BCUT2D eigenvalue weighted by Crippen LogP contribution is -2.14. The number of hydrogen-bond acceptors (Lipinski definition) is 5. The van der Waals surface area contributed by atoms with Crippen LogP contribution < -0.4 is 5.32 Å². The summed E-state index contributed by atoms with van der Waals surface area (Å²) in [5.74, 6) is 0.644. The number of nitrogens with one attached hydrogen (secondary N) is 1. The molecule has 0 aliphatic carbocycles. The lowest BCUT2D eigenvalue weighted by Gasteiger charge is -2.10. The molecular weight excluding hydrogens is 300 g/mol. The first-order valence-corrected chi connectivity index (χ1v) is 6.48. The number of aromatic nitrogens is 1. The van der Waals surface area contributed by atoms with Gasteiger partial charge in [-0.05, 0) is 49.4 Å². The van der Waals surface area contributed by atoms with Crippen molar-refractivity contribution in [3.63, 3.8) is 0 Å². The summed E-state index contributed by atoms with van der Waals surface area (Å²) < 4.78 is 0.615. The summed E-state index contributed by atoms with van der Waals surface area (Å²) in [4.78, 5) is 16.2. The maximum Gasteiger partial charge on any atom is 0.288 e. The van der Waals surface area contributed by atoms with Gasteiger partial charge in [0.05, 0.1) is 9.40 Å². The van der Waals surface area contributed by atoms with Crippen molar-refractivity contribution >= 4 is 27.4 Å². The molecule has 0 amide bonds. The van der Waals surface area contributed by atoms with Gasteiger partial charge < -0.3 is 10.2 Å². The summed E-state index contributed by atoms with van der Waals surface area (Å²) in [5.41, 5.74) is -0.0139. The Morgan fingerprint density at radius 3 is 2.78 bits per heavy atom. The van der Waals surface area contributed by atoms with Gasteiger partial charge in [0.25, 0.3) is 5.69 Å². The summed E-state index contributed by atoms with van der Waals surface area (Å²) in [6, 6.07) is 1.45. The molecule has 0 saturated heterocycles. The van der Waals surface area contributed by atoms with E-state index in [9.17, 15) is 10.1 Å². The van der Waals surface area contributed by atoms with Crippen molar-refractivity contribution in [3.05, 3.63) is 26.9 Å². The van der Waals surface area contributed by atoms with Crippen LogP contribution in [0.3, 0.4) is 0 Å². The van der Waals surface area contributed by atoms with E-state index in [4.69, 9.17) is 0 Å². The molecule has 1 heterocycles. The standard InChI is InChI=1S/C11H17BrN4O2/c1-15(2)6-4-3-5-13-11-10(12)7-9(8-14-11)16(17)18/h7-8H,3-6H2,1-2H3,(H,13,14). The third-order valence-corrected chi connectivity index (χ3v) is 2.97. The van der Waals surface area contributed by atoms with Crippen molar-refractivity contribution < 1.29 is 4.92 Å². The predicted molar refractivity (Wildman–Crippen MR) is 74.9 cm³/mol. The quantitative estimate of drug-likeness (QED) is 0.475. The number of anilines is 1. The fourth-order valence-electron chi connectivity index (χ4n) is 1.42. The van der Waals surface area contributed by atoms with Gasteiger partial charge in [0.2, 0.25) is 0 Å². The Morgan fingerprint density at radius 1 is 1.50 bits per heavy atom. The molecule has 0 unspecified atom stereocenters. The third-order valence-electron chi connectivity index (χ3n) is 2.36. The van der Waals surface area contributed by atoms with Gasteiger partial charge in [-0.1, -0.05) is 0 Å². The first-order chi connectivity index (χ1) is 8.50. The molecule has 0 aliphatic heterocycles. The van der Waals surface area contributed by atoms with Crippen LogP contribution in [0.2, 0.25) is 0 Å². The van der Waals surface area contributed by atoms with E-state index in [0.717, 1.165) is 25.9 Å². The Labute approximate surface area is 115 Å². The number of halogens is 1. The van der Waals surface area contributed by atoms with E-state index in [0.29, 0.717) is 10.3 Å². The lowest BCUT2D eigenvalue weighted by molar-refractivity contribution is -0.385. The van der Waals surface area contributed by atoms with Gasteiger partial charge in [-0.15, -0.1) is 0 Å². The van der Waals surface area contributed by atoms with E-state index in [1.807, 2.05) is 14.1 Å². The Morgan fingerprint density at radius 2 is 2.22 bits per heavy atom. The van der Waals surface area contributed by atoms with Gasteiger partial charge in [0.1, 0.15) is 12.0 Å². The molecule has 1 rings (SSSR count). The minimum absolute atomic E-state index is 0.0139. The molecule has 0 saturated carbocycles. The number of nitro groups is 1. The highest BCUT2D eigenvalue weighted by molar-refractivity contribution is 9.10. The van der Waals surface area contributed by atoms with Crippen LogP contribution in [0.15, 0.2) is 16.7 Å². The van der Waals surface area contributed by atoms with Gasteiger partial charge in [-0.2, -0.15) is 0 Å². The average Bonchev–Trinajstić information content (AvgIpc) is 2.29. The first-order valence-electron chi connectivity index (χ1n) is 5.69. The fourth-order valence-corrected chi connectivity index (χ4v) is 1.89. The van der Waals surface area contributed by atoms with Crippen LogP contribution in [-0.2, 0) is 0 Å². The summed E-state index contributed by atoms with van der Waals surface area (Å²) in [7, 11) is 4.09. The van der Waals surface area contributed by atoms with E-state index >= 15 is 0 Å². The highest BCUT2D eigenvalue weighted by Crippen LogP contribution is 2.24. The minimum atomic E-state index is -0.460. The van der Waals surface area contributed by atoms with Crippen LogP contribution >= 0.6 is 15.9 Å². The van der Waals surface area contributed by atoms with E-state index in [2.05, 4.69) is 31.1 Å². The smallest absolute Gasteiger partial charge is 0.288 e. The molecule has 1 N–H and O–H groups in total. The molecule has 0 radical (unpaired) electrons. The SMILES string of the molecule is CN(C)CCCCNc1ncc([N+](=O)[O-])cc1Br. The van der Waals surface area contributed by atoms with Crippen LogP contribution in [0.4, 0.5) is 11.5 Å². The molecule has 0 aromatic carbocycles. The van der Waals surface area contributed by atoms with E-state index in [1.54, 1.807) is 0 Å². The average molecular weight is 317 g/mol. The molecule has 100 valence electrons. The number of hydrogen-bond donors (Lipinski definition) is 1. The predicted octanol–water partition coefficient (Wildman–Crippen LogP) is 2.51. The molecule has 0 bridgehead atoms. The second-order valence-electron chi connectivity index (χ2n) is 4.22. The topological polar surface area (TPSA) is 71.3 Å². The van der Waals surface area contributed by atoms with E-state index in [-0.39, 0.29) is 5.69 Å². The van der Waals surface area contributed by atoms with Gasteiger partial charge in [-0.25, -0.2) is 4.98 Å². The molecule has 6 nitrogen and oxygen atoms in total.